The maximum atomic E-state index is 13.1. The van der Waals surface area contributed by atoms with Crippen molar-refractivity contribution in [3.05, 3.63) is 75.6 Å². The molecule has 0 fully saturated rings. The van der Waals surface area contributed by atoms with Gasteiger partial charge in [-0.05, 0) is 61.3 Å². The fraction of sp³-hybridized carbons (Fsp3) is 0.320. The average molecular weight is 389 g/mol. The summed E-state index contributed by atoms with van der Waals surface area (Å²) in [5.41, 5.74) is 3.66. The maximum absolute atomic E-state index is 13.1. The van der Waals surface area contributed by atoms with Gasteiger partial charge < -0.3 is 14.1 Å². The molecule has 1 aliphatic carbocycles. The third kappa shape index (κ3) is 4.13. The van der Waals surface area contributed by atoms with Crippen LogP contribution in [0.1, 0.15) is 37.2 Å². The molecule has 3 aromatic rings. The average Bonchev–Trinajstić information content (AvgIpc) is 3.15. The minimum absolute atomic E-state index is 0.0619. The van der Waals surface area contributed by atoms with E-state index in [0.29, 0.717) is 17.6 Å². The summed E-state index contributed by atoms with van der Waals surface area (Å²) >= 11 is 0. The second kappa shape index (κ2) is 8.66. The highest BCUT2D eigenvalue weighted by Crippen LogP contribution is 2.34. The summed E-state index contributed by atoms with van der Waals surface area (Å²) in [4.78, 5) is 15.4. The number of hydrogen-bond donors (Lipinski definition) is 0. The highest BCUT2D eigenvalue weighted by molar-refractivity contribution is 5.87. The Morgan fingerprint density at radius 3 is 2.62 bits per heavy atom. The third-order valence-corrected chi connectivity index (χ3v) is 5.60. The molecule has 1 aliphatic rings. The number of hydrogen-bond acceptors (Lipinski definition) is 4. The van der Waals surface area contributed by atoms with Crippen molar-refractivity contribution in [3.63, 3.8) is 0 Å². The first kappa shape index (κ1) is 19.5. The normalized spacial score (nSPS) is 14.7. The van der Waals surface area contributed by atoms with E-state index in [1.807, 2.05) is 36.4 Å². The van der Waals surface area contributed by atoms with E-state index in [1.165, 1.54) is 0 Å². The van der Waals surface area contributed by atoms with E-state index in [1.54, 1.807) is 0 Å². The molecule has 1 aromatic heterocycles. The molecule has 4 heteroatoms. The predicted molar refractivity (Wildman–Crippen MR) is 118 cm³/mol. The number of rotatable bonds is 7. The Labute approximate surface area is 171 Å². The molecule has 0 amide bonds. The van der Waals surface area contributed by atoms with Gasteiger partial charge in [0.25, 0.3) is 0 Å². The van der Waals surface area contributed by atoms with Crippen molar-refractivity contribution >= 4 is 22.6 Å². The number of ether oxygens (including phenoxy) is 1. The number of nitrogens with zero attached hydrogens (tertiary/aromatic N) is 1. The smallest absolute Gasteiger partial charge is 0.196 e. The van der Waals surface area contributed by atoms with E-state index in [9.17, 15) is 4.79 Å². The Kier molecular flexibility index (Phi) is 5.81. The standard InChI is InChI=1S/C25H27NO3/c1-3-26(4-2)14-15-28-20-11-13-23-22(17-20)24(27)21-12-10-19(25(21)29-23)16-18-8-6-5-7-9-18/h5-9,11,13,16-17H,3-4,10,12,14-15H2,1-2H3/b19-16+. The molecular formula is C25H27NO3. The van der Waals surface area contributed by atoms with Gasteiger partial charge in [0.05, 0.1) is 5.39 Å². The van der Waals surface area contributed by atoms with Gasteiger partial charge in [0.15, 0.2) is 5.43 Å². The van der Waals surface area contributed by atoms with E-state index >= 15 is 0 Å². The summed E-state index contributed by atoms with van der Waals surface area (Å²) in [7, 11) is 0. The van der Waals surface area contributed by atoms with Crippen LogP contribution in [-0.2, 0) is 6.42 Å². The number of benzene rings is 2. The molecule has 0 saturated heterocycles. The van der Waals surface area contributed by atoms with Crippen LogP contribution in [0.5, 0.6) is 5.75 Å². The molecule has 0 unspecified atom stereocenters. The van der Waals surface area contributed by atoms with Crippen molar-refractivity contribution in [3.8, 4) is 5.75 Å². The van der Waals surface area contributed by atoms with Crippen molar-refractivity contribution in [2.24, 2.45) is 0 Å². The predicted octanol–water partition coefficient (Wildman–Crippen LogP) is 5.00. The molecule has 0 bridgehead atoms. The van der Waals surface area contributed by atoms with Gasteiger partial charge >= 0.3 is 0 Å². The number of allylic oxidation sites excluding steroid dienone is 1. The van der Waals surface area contributed by atoms with Crippen molar-refractivity contribution in [2.45, 2.75) is 26.7 Å². The van der Waals surface area contributed by atoms with Crippen molar-refractivity contribution in [2.75, 3.05) is 26.2 Å². The molecule has 0 N–H and O–H groups in total. The fourth-order valence-electron chi connectivity index (χ4n) is 3.88. The van der Waals surface area contributed by atoms with E-state index in [0.717, 1.165) is 60.7 Å². The largest absolute Gasteiger partial charge is 0.492 e. The number of likely N-dealkylation sites (N-methyl/N-ethyl adjacent to an activating group) is 1. The molecule has 0 radical (unpaired) electrons. The summed E-state index contributed by atoms with van der Waals surface area (Å²) in [6.07, 6.45) is 3.66. The lowest BCUT2D eigenvalue weighted by Gasteiger charge is -2.18. The van der Waals surface area contributed by atoms with Gasteiger partial charge in [0, 0.05) is 12.1 Å². The first-order valence-corrected chi connectivity index (χ1v) is 10.4. The van der Waals surface area contributed by atoms with Crippen LogP contribution in [0.3, 0.4) is 0 Å². The first-order chi connectivity index (χ1) is 14.2. The summed E-state index contributed by atoms with van der Waals surface area (Å²) < 4.78 is 12.1. The lowest BCUT2D eigenvalue weighted by Crippen LogP contribution is -2.27. The molecule has 4 nitrogen and oxygen atoms in total. The van der Waals surface area contributed by atoms with E-state index in [2.05, 4.69) is 37.0 Å². The zero-order valence-corrected chi connectivity index (χ0v) is 17.1. The lowest BCUT2D eigenvalue weighted by molar-refractivity contribution is 0.223. The quantitative estimate of drug-likeness (QED) is 0.570. The van der Waals surface area contributed by atoms with Crippen LogP contribution < -0.4 is 10.2 Å². The Morgan fingerprint density at radius 2 is 1.86 bits per heavy atom. The Balaban J connectivity index is 1.61. The van der Waals surface area contributed by atoms with Gasteiger partial charge in [-0.1, -0.05) is 44.2 Å². The topological polar surface area (TPSA) is 42.7 Å². The van der Waals surface area contributed by atoms with Gasteiger partial charge in [-0.2, -0.15) is 0 Å². The SMILES string of the molecule is CCN(CC)CCOc1ccc2oc3c(c(=O)c2c1)CC/C3=C\c1ccccc1. The molecule has 29 heavy (non-hydrogen) atoms. The maximum Gasteiger partial charge on any atom is 0.196 e. The zero-order valence-electron chi connectivity index (χ0n) is 17.1. The molecule has 0 spiro atoms. The molecule has 0 aliphatic heterocycles. The van der Waals surface area contributed by atoms with Gasteiger partial charge in [0.2, 0.25) is 0 Å². The molecule has 1 heterocycles. The van der Waals surface area contributed by atoms with Gasteiger partial charge in [0.1, 0.15) is 23.7 Å². The summed E-state index contributed by atoms with van der Waals surface area (Å²) in [6.45, 7) is 7.78. The van der Waals surface area contributed by atoms with Crippen LogP contribution in [0.2, 0.25) is 0 Å². The summed E-state index contributed by atoms with van der Waals surface area (Å²) in [6, 6.07) is 15.7. The van der Waals surface area contributed by atoms with Crippen molar-refractivity contribution < 1.29 is 9.15 Å². The summed E-state index contributed by atoms with van der Waals surface area (Å²) in [5.74, 6) is 1.46. The Bertz CT molecular complexity index is 1080. The molecule has 2 aromatic carbocycles. The fourth-order valence-corrected chi connectivity index (χ4v) is 3.88. The van der Waals surface area contributed by atoms with Gasteiger partial charge in [-0.3, -0.25) is 4.79 Å². The minimum Gasteiger partial charge on any atom is -0.492 e. The van der Waals surface area contributed by atoms with Crippen LogP contribution in [0.4, 0.5) is 0 Å². The zero-order chi connectivity index (χ0) is 20.2. The van der Waals surface area contributed by atoms with Crippen LogP contribution >= 0.6 is 0 Å². The molecular weight excluding hydrogens is 362 g/mol. The van der Waals surface area contributed by atoms with Crippen LogP contribution in [0.15, 0.2) is 57.7 Å². The highest BCUT2D eigenvalue weighted by atomic mass is 16.5. The number of fused-ring (bicyclic) bond motifs is 2. The van der Waals surface area contributed by atoms with Crippen LogP contribution in [0.25, 0.3) is 22.6 Å². The van der Waals surface area contributed by atoms with E-state index in [-0.39, 0.29) is 5.43 Å². The van der Waals surface area contributed by atoms with Crippen molar-refractivity contribution in [1.82, 2.24) is 4.90 Å². The molecule has 150 valence electrons. The van der Waals surface area contributed by atoms with E-state index in [4.69, 9.17) is 9.15 Å². The van der Waals surface area contributed by atoms with Gasteiger partial charge in [-0.15, -0.1) is 0 Å². The molecule has 0 atom stereocenters. The second-order valence-corrected chi connectivity index (χ2v) is 7.35. The minimum atomic E-state index is 0.0619. The highest BCUT2D eigenvalue weighted by Gasteiger charge is 2.24. The summed E-state index contributed by atoms with van der Waals surface area (Å²) in [5, 5.41) is 0.602. The van der Waals surface area contributed by atoms with Crippen LogP contribution in [-0.4, -0.2) is 31.1 Å². The van der Waals surface area contributed by atoms with Crippen molar-refractivity contribution in [1.29, 1.82) is 0 Å². The lowest BCUT2D eigenvalue weighted by atomic mass is 10.1. The Hall–Kier alpha value is -2.85. The Morgan fingerprint density at radius 1 is 1.07 bits per heavy atom. The van der Waals surface area contributed by atoms with Crippen LogP contribution in [0, 0.1) is 0 Å². The monoisotopic (exact) mass is 389 g/mol. The molecule has 0 saturated carbocycles. The van der Waals surface area contributed by atoms with E-state index < -0.39 is 0 Å². The first-order valence-electron chi connectivity index (χ1n) is 10.4. The second-order valence-electron chi connectivity index (χ2n) is 7.35. The third-order valence-electron chi connectivity index (χ3n) is 5.60. The molecule has 4 rings (SSSR count). The van der Waals surface area contributed by atoms with Gasteiger partial charge in [-0.25, -0.2) is 0 Å².